The van der Waals surface area contributed by atoms with Gasteiger partial charge in [-0.15, -0.1) is 0 Å². The molecule has 0 unspecified atom stereocenters. The molecular formula is C26H26F2N2O6. The van der Waals surface area contributed by atoms with Gasteiger partial charge in [0.2, 0.25) is 11.6 Å². The monoisotopic (exact) mass is 500 g/mol. The molecule has 0 aliphatic heterocycles. The van der Waals surface area contributed by atoms with Gasteiger partial charge in [-0.1, -0.05) is 0 Å². The van der Waals surface area contributed by atoms with Gasteiger partial charge in [0.25, 0.3) is 0 Å². The predicted molar refractivity (Wildman–Crippen MR) is 125 cm³/mol. The average molecular weight is 500 g/mol. The van der Waals surface area contributed by atoms with Crippen LogP contribution >= 0.6 is 0 Å². The molecule has 0 spiro atoms. The maximum atomic E-state index is 14.2. The van der Waals surface area contributed by atoms with Gasteiger partial charge in [0.1, 0.15) is 11.2 Å². The second-order valence-corrected chi connectivity index (χ2v) is 9.96. The summed E-state index contributed by atoms with van der Waals surface area (Å²) in [6.45, 7) is 9.84. The van der Waals surface area contributed by atoms with Gasteiger partial charge in [-0.25, -0.2) is 27.5 Å². The Balaban J connectivity index is 2.08. The fourth-order valence-corrected chi connectivity index (χ4v) is 3.27. The van der Waals surface area contributed by atoms with E-state index in [0.717, 1.165) is 9.13 Å². The molecule has 1 aromatic carbocycles. The maximum absolute atomic E-state index is 14.2. The molecule has 10 heteroatoms. The number of carbonyl (C=O) groups excluding carboxylic acids is 4. The number of hydrogen-bond acceptors (Lipinski definition) is 6. The molecule has 0 atom stereocenters. The number of ether oxygens (including phenoxy) is 2. The Labute approximate surface area is 206 Å². The molecule has 0 saturated carbocycles. The van der Waals surface area contributed by atoms with E-state index in [9.17, 15) is 28.0 Å². The molecule has 0 aliphatic rings. The van der Waals surface area contributed by atoms with E-state index in [1.54, 1.807) is 41.5 Å². The van der Waals surface area contributed by atoms with Gasteiger partial charge in [-0.3, -0.25) is 9.59 Å². The third-order valence-electron chi connectivity index (χ3n) is 4.69. The smallest absolute Gasteiger partial charge is 0.419 e. The van der Waals surface area contributed by atoms with Crippen molar-refractivity contribution in [3.8, 4) is 0 Å². The van der Waals surface area contributed by atoms with Gasteiger partial charge in [0.15, 0.2) is 11.6 Å². The molecule has 0 fully saturated rings. The van der Waals surface area contributed by atoms with Crippen molar-refractivity contribution in [2.75, 3.05) is 0 Å². The van der Waals surface area contributed by atoms with Crippen molar-refractivity contribution in [1.82, 2.24) is 9.13 Å². The lowest BCUT2D eigenvalue weighted by molar-refractivity contribution is 0.0519. The summed E-state index contributed by atoms with van der Waals surface area (Å²) in [7, 11) is 0. The summed E-state index contributed by atoms with van der Waals surface area (Å²) in [6, 6.07) is 6.52. The Kier molecular flexibility index (Phi) is 7.01. The summed E-state index contributed by atoms with van der Waals surface area (Å²) in [4.78, 5) is 51.9. The van der Waals surface area contributed by atoms with Crippen LogP contribution in [0.3, 0.4) is 0 Å². The van der Waals surface area contributed by atoms with E-state index in [1.165, 1.54) is 36.7 Å². The highest BCUT2D eigenvalue weighted by atomic mass is 19.2. The van der Waals surface area contributed by atoms with E-state index in [2.05, 4.69) is 0 Å². The van der Waals surface area contributed by atoms with Crippen molar-refractivity contribution >= 4 is 23.8 Å². The Bertz CT molecular complexity index is 1250. The van der Waals surface area contributed by atoms with Gasteiger partial charge in [-0.05, 0) is 77.9 Å². The molecule has 8 nitrogen and oxygen atoms in total. The van der Waals surface area contributed by atoms with Gasteiger partial charge in [0, 0.05) is 23.5 Å². The Morgan fingerprint density at radius 2 is 1.00 bits per heavy atom. The summed E-state index contributed by atoms with van der Waals surface area (Å²) in [5, 5.41) is 0. The van der Waals surface area contributed by atoms with Crippen LogP contribution in [0.1, 0.15) is 73.6 Å². The summed E-state index contributed by atoms with van der Waals surface area (Å²) in [6.07, 6.45) is 0.808. The van der Waals surface area contributed by atoms with Crippen LogP contribution < -0.4 is 0 Å². The van der Waals surface area contributed by atoms with Crippen LogP contribution in [-0.4, -0.2) is 44.1 Å². The quantitative estimate of drug-likeness (QED) is 0.433. The lowest BCUT2D eigenvalue weighted by Gasteiger charge is -2.21. The molecule has 0 radical (unpaired) electrons. The van der Waals surface area contributed by atoms with Crippen LogP contribution in [0.5, 0.6) is 0 Å². The van der Waals surface area contributed by atoms with Crippen molar-refractivity contribution < 1.29 is 37.4 Å². The fraction of sp³-hybridized carbons (Fsp3) is 0.308. The first-order chi connectivity index (χ1) is 16.6. The first-order valence-electron chi connectivity index (χ1n) is 11.0. The minimum atomic E-state index is -1.37. The average Bonchev–Trinajstić information content (AvgIpc) is 3.41. The number of ketones is 2. The lowest BCUT2D eigenvalue weighted by atomic mass is 9.96. The number of benzene rings is 1. The van der Waals surface area contributed by atoms with E-state index in [1.807, 2.05) is 0 Å². The zero-order valence-electron chi connectivity index (χ0n) is 20.7. The predicted octanol–water partition coefficient (Wildman–Crippen LogP) is 5.60. The van der Waals surface area contributed by atoms with Gasteiger partial charge < -0.3 is 9.47 Å². The zero-order valence-corrected chi connectivity index (χ0v) is 20.7. The lowest BCUT2D eigenvalue weighted by Crippen LogP contribution is -2.29. The number of aromatic nitrogens is 2. The fourth-order valence-electron chi connectivity index (χ4n) is 3.27. The van der Waals surface area contributed by atoms with Crippen molar-refractivity contribution in [2.45, 2.75) is 52.7 Å². The number of rotatable bonds is 4. The SMILES string of the molecule is CC(C)(C)OC(=O)n1cccc1C(=O)c1cc(F)c(F)cc1C(=O)c1cccn1C(=O)OC(C)(C)C. The first-order valence-corrected chi connectivity index (χ1v) is 11.0. The number of carbonyl (C=O) groups is 4. The molecular weight excluding hydrogens is 474 g/mol. The first kappa shape index (κ1) is 26.5. The normalized spacial score (nSPS) is 11.8. The van der Waals surface area contributed by atoms with Crippen LogP contribution in [0.15, 0.2) is 48.8 Å². The number of halogens is 2. The molecule has 0 amide bonds. The maximum Gasteiger partial charge on any atom is 0.419 e. The van der Waals surface area contributed by atoms with Crippen LogP contribution in [0.25, 0.3) is 0 Å². The molecule has 190 valence electrons. The Morgan fingerprint density at radius 1 is 0.667 bits per heavy atom. The summed E-state index contributed by atoms with van der Waals surface area (Å²) in [5.74, 6) is -4.59. The van der Waals surface area contributed by atoms with Crippen molar-refractivity contribution in [1.29, 1.82) is 0 Å². The third-order valence-corrected chi connectivity index (χ3v) is 4.69. The van der Waals surface area contributed by atoms with E-state index >= 15 is 0 Å². The Hall–Kier alpha value is -4.08. The number of hydrogen-bond donors (Lipinski definition) is 0. The number of nitrogens with zero attached hydrogens (tertiary/aromatic N) is 2. The molecule has 0 bridgehead atoms. The highest BCUT2D eigenvalue weighted by molar-refractivity contribution is 6.19. The highest BCUT2D eigenvalue weighted by Crippen LogP contribution is 2.24. The van der Waals surface area contributed by atoms with Crippen LogP contribution in [0, 0.1) is 11.6 Å². The minimum absolute atomic E-state index is 0.230. The topological polar surface area (TPSA) is 96.6 Å². The largest absolute Gasteiger partial charge is 0.443 e. The van der Waals surface area contributed by atoms with Crippen LogP contribution in [-0.2, 0) is 9.47 Å². The summed E-state index contributed by atoms with van der Waals surface area (Å²) in [5.41, 5.74) is -3.19. The van der Waals surface area contributed by atoms with Crippen LogP contribution in [0.2, 0.25) is 0 Å². The zero-order chi connectivity index (χ0) is 27.0. The summed E-state index contributed by atoms with van der Waals surface area (Å²) < 4.78 is 40.8. The molecule has 2 aromatic heterocycles. The van der Waals surface area contributed by atoms with E-state index < -0.39 is 57.7 Å². The second kappa shape index (κ2) is 9.52. The Morgan fingerprint density at radius 3 is 1.31 bits per heavy atom. The van der Waals surface area contributed by atoms with E-state index in [-0.39, 0.29) is 11.4 Å². The van der Waals surface area contributed by atoms with Crippen molar-refractivity contribution in [2.24, 2.45) is 0 Å². The third kappa shape index (κ3) is 5.76. The minimum Gasteiger partial charge on any atom is -0.443 e. The van der Waals surface area contributed by atoms with Crippen molar-refractivity contribution in [3.63, 3.8) is 0 Å². The molecule has 3 aromatic rings. The standard InChI is InChI=1S/C26H26F2N2O6/c1-25(2,3)35-23(33)29-11-7-9-19(29)21(31)15-13-17(27)18(28)14-16(15)22(32)20-10-8-12-30(20)24(34)36-26(4,5)6/h7-14H,1-6H3. The van der Waals surface area contributed by atoms with Gasteiger partial charge in [0.05, 0.1) is 11.4 Å². The molecule has 0 aliphatic carbocycles. The molecule has 0 saturated heterocycles. The molecule has 3 rings (SSSR count). The van der Waals surface area contributed by atoms with E-state index in [4.69, 9.17) is 9.47 Å². The van der Waals surface area contributed by atoms with Crippen molar-refractivity contribution in [3.05, 3.63) is 82.9 Å². The molecule has 2 heterocycles. The molecule has 0 N–H and O–H groups in total. The molecule has 36 heavy (non-hydrogen) atoms. The van der Waals surface area contributed by atoms with E-state index in [0.29, 0.717) is 12.1 Å². The van der Waals surface area contributed by atoms with Gasteiger partial charge in [-0.2, -0.15) is 0 Å². The van der Waals surface area contributed by atoms with Crippen LogP contribution in [0.4, 0.5) is 18.4 Å². The second-order valence-electron chi connectivity index (χ2n) is 9.96. The van der Waals surface area contributed by atoms with Gasteiger partial charge >= 0.3 is 12.2 Å². The summed E-state index contributed by atoms with van der Waals surface area (Å²) >= 11 is 0. The highest BCUT2D eigenvalue weighted by Gasteiger charge is 2.29.